The quantitative estimate of drug-likeness (QED) is 0.831. The normalized spacial score (nSPS) is 25.5. The summed E-state index contributed by atoms with van der Waals surface area (Å²) in [5.74, 6) is 0.322. The van der Waals surface area contributed by atoms with Gasteiger partial charge in [-0.15, -0.1) is 0 Å². The third-order valence-corrected chi connectivity index (χ3v) is 5.17. The van der Waals surface area contributed by atoms with Crippen LogP contribution in [0.4, 0.5) is 0 Å². The Morgan fingerprint density at radius 1 is 1.30 bits per heavy atom. The van der Waals surface area contributed by atoms with Crippen LogP contribution in [0.15, 0.2) is 18.2 Å². The number of aromatic nitrogens is 1. The summed E-state index contributed by atoms with van der Waals surface area (Å²) in [6.07, 6.45) is 3.10. The summed E-state index contributed by atoms with van der Waals surface area (Å²) >= 11 is 0. The second kappa shape index (κ2) is 6.97. The van der Waals surface area contributed by atoms with Gasteiger partial charge in [-0.2, -0.15) is 0 Å². The lowest BCUT2D eigenvalue weighted by atomic mass is 9.78. The average molecular weight is 317 g/mol. The summed E-state index contributed by atoms with van der Waals surface area (Å²) in [5.41, 5.74) is 1.82. The van der Waals surface area contributed by atoms with Gasteiger partial charge >= 0.3 is 0 Å². The molecule has 0 radical (unpaired) electrons. The molecule has 1 amide bonds. The van der Waals surface area contributed by atoms with E-state index in [2.05, 4.69) is 9.88 Å². The Kier molecular flexibility index (Phi) is 4.97. The van der Waals surface area contributed by atoms with Crippen LogP contribution >= 0.6 is 0 Å². The number of ether oxygens (including phenoxy) is 1. The van der Waals surface area contributed by atoms with Crippen molar-refractivity contribution in [2.24, 2.45) is 5.41 Å². The molecule has 0 bridgehead atoms. The number of hydrogen-bond donors (Lipinski definition) is 0. The number of rotatable bonds is 5. The van der Waals surface area contributed by atoms with Gasteiger partial charge in [0.1, 0.15) is 0 Å². The van der Waals surface area contributed by atoms with Gasteiger partial charge in [0, 0.05) is 32.4 Å². The zero-order valence-corrected chi connectivity index (χ0v) is 14.3. The van der Waals surface area contributed by atoms with Crippen LogP contribution in [-0.4, -0.2) is 60.6 Å². The number of carbonyl (C=O) groups excluding carboxylic acids is 1. The Balaban J connectivity index is 1.65. The Morgan fingerprint density at radius 2 is 2.17 bits per heavy atom. The van der Waals surface area contributed by atoms with E-state index < -0.39 is 0 Å². The summed E-state index contributed by atoms with van der Waals surface area (Å²) in [5, 5.41) is 0. The fraction of sp³-hybridized carbons (Fsp3) is 0.667. The number of aryl methyl sites for hydroxylation is 1. The molecule has 0 aliphatic carbocycles. The van der Waals surface area contributed by atoms with Gasteiger partial charge < -0.3 is 9.64 Å². The van der Waals surface area contributed by atoms with Gasteiger partial charge in [-0.25, -0.2) is 0 Å². The van der Waals surface area contributed by atoms with Crippen molar-refractivity contribution < 1.29 is 9.53 Å². The molecule has 1 aromatic rings. The third kappa shape index (κ3) is 3.56. The fourth-order valence-corrected chi connectivity index (χ4v) is 3.94. The molecule has 0 unspecified atom stereocenters. The molecular weight excluding hydrogens is 290 g/mol. The fourth-order valence-electron chi connectivity index (χ4n) is 3.94. The lowest BCUT2D eigenvalue weighted by molar-refractivity contribution is -0.139. The summed E-state index contributed by atoms with van der Waals surface area (Å²) in [7, 11) is 1.73. The molecule has 0 aromatic carbocycles. The lowest BCUT2D eigenvalue weighted by Gasteiger charge is -2.39. The smallest absolute Gasteiger partial charge is 0.230 e. The van der Waals surface area contributed by atoms with E-state index in [0.29, 0.717) is 12.5 Å². The van der Waals surface area contributed by atoms with Crippen molar-refractivity contribution in [2.75, 3.05) is 39.9 Å². The van der Waals surface area contributed by atoms with Gasteiger partial charge in [0.15, 0.2) is 0 Å². The number of likely N-dealkylation sites (tertiary alicyclic amines) is 2. The van der Waals surface area contributed by atoms with Crippen molar-refractivity contribution in [2.45, 2.75) is 32.7 Å². The van der Waals surface area contributed by atoms with Crippen LogP contribution in [0.25, 0.3) is 0 Å². The molecule has 2 aliphatic heterocycles. The monoisotopic (exact) mass is 317 g/mol. The van der Waals surface area contributed by atoms with E-state index in [4.69, 9.17) is 4.74 Å². The van der Waals surface area contributed by atoms with E-state index in [1.165, 1.54) is 0 Å². The Bertz CT molecular complexity index is 563. The van der Waals surface area contributed by atoms with E-state index in [1.54, 1.807) is 7.11 Å². The van der Waals surface area contributed by atoms with Crippen molar-refractivity contribution in [1.82, 2.24) is 14.8 Å². The molecule has 2 saturated heterocycles. The lowest BCUT2D eigenvalue weighted by Crippen LogP contribution is -2.48. The standard InChI is InChI=1S/C18H27N3O2/c1-15-5-3-6-16(19-15)13-21-10-8-18(17(21)22)7-4-9-20(14-18)11-12-23-2/h3,5-6H,4,7-14H2,1-2H3/t18-/m0/s1. The summed E-state index contributed by atoms with van der Waals surface area (Å²) in [4.78, 5) is 22.0. The predicted molar refractivity (Wildman–Crippen MR) is 89.0 cm³/mol. The molecule has 3 rings (SSSR count). The van der Waals surface area contributed by atoms with Crippen molar-refractivity contribution in [1.29, 1.82) is 0 Å². The Morgan fingerprint density at radius 3 is 2.96 bits per heavy atom. The highest BCUT2D eigenvalue weighted by Gasteiger charge is 2.48. The summed E-state index contributed by atoms with van der Waals surface area (Å²) in [6.45, 7) is 7.11. The molecule has 5 nitrogen and oxygen atoms in total. The molecule has 0 N–H and O–H groups in total. The van der Waals surface area contributed by atoms with Crippen molar-refractivity contribution in [3.05, 3.63) is 29.6 Å². The highest BCUT2D eigenvalue weighted by Crippen LogP contribution is 2.40. The first kappa shape index (κ1) is 16.4. The molecule has 1 spiro atoms. The molecule has 1 atom stereocenters. The van der Waals surface area contributed by atoms with Gasteiger partial charge in [0.2, 0.25) is 5.91 Å². The second-order valence-corrected chi connectivity index (χ2v) is 6.90. The van der Waals surface area contributed by atoms with Gasteiger partial charge in [-0.3, -0.25) is 14.7 Å². The first-order valence-electron chi connectivity index (χ1n) is 8.56. The maximum absolute atomic E-state index is 13.0. The van der Waals surface area contributed by atoms with Gasteiger partial charge in [0.25, 0.3) is 0 Å². The minimum absolute atomic E-state index is 0.171. The third-order valence-electron chi connectivity index (χ3n) is 5.17. The highest BCUT2D eigenvalue weighted by molar-refractivity contribution is 5.85. The Hall–Kier alpha value is -1.46. The minimum atomic E-state index is -0.171. The van der Waals surface area contributed by atoms with Gasteiger partial charge in [0.05, 0.1) is 24.3 Å². The molecule has 0 saturated carbocycles. The van der Waals surface area contributed by atoms with Crippen molar-refractivity contribution >= 4 is 5.91 Å². The first-order valence-corrected chi connectivity index (χ1v) is 8.56. The molecule has 3 heterocycles. The molecule has 5 heteroatoms. The largest absolute Gasteiger partial charge is 0.383 e. The first-order chi connectivity index (χ1) is 11.1. The molecule has 23 heavy (non-hydrogen) atoms. The van der Waals surface area contributed by atoms with Crippen LogP contribution in [0.5, 0.6) is 0 Å². The number of amides is 1. The average Bonchev–Trinajstić information content (AvgIpc) is 2.83. The molecular formula is C18H27N3O2. The van der Waals surface area contributed by atoms with Crippen LogP contribution in [0.1, 0.15) is 30.7 Å². The summed E-state index contributed by atoms with van der Waals surface area (Å²) < 4.78 is 5.19. The van der Waals surface area contributed by atoms with E-state index in [1.807, 2.05) is 30.0 Å². The summed E-state index contributed by atoms with van der Waals surface area (Å²) in [6, 6.07) is 6.02. The van der Waals surface area contributed by atoms with E-state index >= 15 is 0 Å². The van der Waals surface area contributed by atoms with Crippen molar-refractivity contribution in [3.8, 4) is 0 Å². The molecule has 2 aliphatic rings. The molecule has 1 aromatic heterocycles. The number of piperidine rings is 1. The zero-order valence-electron chi connectivity index (χ0n) is 14.3. The van der Waals surface area contributed by atoms with Gasteiger partial charge in [-0.05, 0) is 44.9 Å². The van der Waals surface area contributed by atoms with E-state index in [9.17, 15) is 4.79 Å². The molecule has 2 fully saturated rings. The topological polar surface area (TPSA) is 45.7 Å². The number of methoxy groups -OCH3 is 1. The van der Waals surface area contributed by atoms with Gasteiger partial charge in [-0.1, -0.05) is 6.07 Å². The van der Waals surface area contributed by atoms with E-state index in [-0.39, 0.29) is 5.41 Å². The number of pyridine rings is 1. The maximum atomic E-state index is 13.0. The highest BCUT2D eigenvalue weighted by atomic mass is 16.5. The SMILES string of the molecule is COCCN1CCC[C@]2(CCN(Cc3cccc(C)n3)C2=O)C1. The van der Waals surface area contributed by atoms with E-state index in [0.717, 1.165) is 63.4 Å². The van der Waals surface area contributed by atoms with Crippen LogP contribution < -0.4 is 0 Å². The van der Waals surface area contributed by atoms with Crippen LogP contribution in [0, 0.1) is 12.3 Å². The Labute approximate surface area is 138 Å². The minimum Gasteiger partial charge on any atom is -0.383 e. The molecule has 126 valence electrons. The van der Waals surface area contributed by atoms with Crippen LogP contribution in [-0.2, 0) is 16.1 Å². The number of hydrogen-bond acceptors (Lipinski definition) is 4. The van der Waals surface area contributed by atoms with Crippen LogP contribution in [0.2, 0.25) is 0 Å². The predicted octanol–water partition coefficient (Wildman–Crippen LogP) is 1.85. The second-order valence-electron chi connectivity index (χ2n) is 6.90. The zero-order chi connectivity index (χ0) is 16.3. The number of carbonyl (C=O) groups is 1. The van der Waals surface area contributed by atoms with Crippen molar-refractivity contribution in [3.63, 3.8) is 0 Å². The van der Waals surface area contributed by atoms with Crippen LogP contribution in [0.3, 0.4) is 0 Å². The number of nitrogens with zero attached hydrogens (tertiary/aromatic N) is 3. The maximum Gasteiger partial charge on any atom is 0.230 e.